The van der Waals surface area contributed by atoms with Crippen molar-refractivity contribution < 1.29 is 28.9 Å². The molecular formula is C12H9FO5. The van der Waals surface area contributed by atoms with E-state index in [0.717, 1.165) is 12.1 Å². The number of fused-ring (bicyclic) bond motifs is 1. The Kier molecular flexibility index (Phi) is 3.01. The summed E-state index contributed by atoms with van der Waals surface area (Å²) in [6.45, 7) is -0.00509. The van der Waals surface area contributed by atoms with Crippen molar-refractivity contribution in [2.24, 2.45) is 0 Å². The van der Waals surface area contributed by atoms with E-state index < -0.39 is 17.8 Å². The van der Waals surface area contributed by atoms with E-state index in [1.54, 1.807) is 0 Å². The lowest BCUT2D eigenvalue weighted by Crippen LogP contribution is -2.10. The van der Waals surface area contributed by atoms with Crippen molar-refractivity contribution in [3.05, 3.63) is 35.2 Å². The Morgan fingerprint density at radius 1 is 1.22 bits per heavy atom. The summed E-state index contributed by atoms with van der Waals surface area (Å²) in [6.07, 6.45) is -0.0483. The number of carbonyl (C=O) groups is 2. The van der Waals surface area contributed by atoms with Crippen LogP contribution in [0.2, 0.25) is 0 Å². The largest absolute Gasteiger partial charge is 0.492 e. The van der Waals surface area contributed by atoms with Gasteiger partial charge in [0, 0.05) is 18.1 Å². The molecule has 0 fully saturated rings. The molecule has 0 saturated heterocycles. The zero-order valence-electron chi connectivity index (χ0n) is 9.14. The van der Waals surface area contributed by atoms with Crippen molar-refractivity contribution in [2.75, 3.05) is 6.61 Å². The number of rotatable bonds is 2. The number of carboxylic acid groups (broad SMARTS) is 2. The van der Waals surface area contributed by atoms with Crippen molar-refractivity contribution >= 4 is 17.5 Å². The molecule has 0 saturated carbocycles. The fraction of sp³-hybridized carbons (Fsp3) is 0.167. The molecule has 1 aliphatic heterocycles. The molecule has 0 aliphatic carbocycles. The van der Waals surface area contributed by atoms with Crippen LogP contribution in [0.25, 0.3) is 5.57 Å². The first-order valence-electron chi connectivity index (χ1n) is 5.13. The summed E-state index contributed by atoms with van der Waals surface area (Å²) in [5, 5.41) is 18.1. The summed E-state index contributed by atoms with van der Waals surface area (Å²) in [5.74, 6) is -3.21. The van der Waals surface area contributed by atoms with E-state index in [1.807, 2.05) is 0 Å². The molecule has 94 valence electrons. The van der Waals surface area contributed by atoms with Gasteiger partial charge in [-0.25, -0.2) is 14.0 Å². The van der Waals surface area contributed by atoms with Crippen LogP contribution in [0.1, 0.15) is 12.0 Å². The number of aliphatic carboxylic acids is 2. The zero-order chi connectivity index (χ0) is 13.3. The van der Waals surface area contributed by atoms with Crippen LogP contribution in [0.4, 0.5) is 4.39 Å². The number of hydrogen-bond donors (Lipinski definition) is 2. The highest BCUT2D eigenvalue weighted by molar-refractivity contribution is 6.22. The minimum absolute atomic E-state index is 0.00509. The van der Waals surface area contributed by atoms with E-state index in [-0.39, 0.29) is 35.5 Å². The van der Waals surface area contributed by atoms with Crippen LogP contribution >= 0.6 is 0 Å². The van der Waals surface area contributed by atoms with Gasteiger partial charge in [0.2, 0.25) is 0 Å². The van der Waals surface area contributed by atoms with Gasteiger partial charge in [-0.3, -0.25) is 0 Å². The molecular weight excluding hydrogens is 243 g/mol. The molecule has 2 rings (SSSR count). The maximum atomic E-state index is 13.1. The first-order valence-corrected chi connectivity index (χ1v) is 5.13. The topological polar surface area (TPSA) is 83.8 Å². The van der Waals surface area contributed by atoms with Gasteiger partial charge >= 0.3 is 11.9 Å². The average molecular weight is 252 g/mol. The minimum Gasteiger partial charge on any atom is -0.492 e. The summed E-state index contributed by atoms with van der Waals surface area (Å²) >= 11 is 0. The molecule has 0 amide bonds. The molecule has 1 aliphatic rings. The van der Waals surface area contributed by atoms with E-state index in [9.17, 15) is 14.0 Å². The van der Waals surface area contributed by atoms with E-state index in [2.05, 4.69) is 0 Å². The number of carboxylic acids is 2. The average Bonchev–Trinajstić information content (AvgIpc) is 2.47. The van der Waals surface area contributed by atoms with Crippen molar-refractivity contribution in [2.45, 2.75) is 6.42 Å². The first-order chi connectivity index (χ1) is 8.50. The van der Waals surface area contributed by atoms with E-state index in [0.29, 0.717) is 0 Å². The van der Waals surface area contributed by atoms with Crippen molar-refractivity contribution in [1.29, 1.82) is 0 Å². The van der Waals surface area contributed by atoms with Crippen molar-refractivity contribution in [1.82, 2.24) is 0 Å². The van der Waals surface area contributed by atoms with Gasteiger partial charge < -0.3 is 14.9 Å². The highest BCUT2D eigenvalue weighted by Gasteiger charge is 2.27. The molecule has 0 bridgehead atoms. The molecule has 1 aromatic rings. The second-order valence-corrected chi connectivity index (χ2v) is 3.70. The predicted molar refractivity (Wildman–Crippen MR) is 58.7 cm³/mol. The van der Waals surface area contributed by atoms with Crippen LogP contribution < -0.4 is 4.74 Å². The summed E-state index contributed by atoms with van der Waals surface area (Å²) in [6, 6.07) is 3.32. The summed E-state index contributed by atoms with van der Waals surface area (Å²) in [5.41, 5.74) is -0.512. The summed E-state index contributed by atoms with van der Waals surface area (Å²) < 4.78 is 18.2. The Bertz CT molecular complexity index is 562. The first kappa shape index (κ1) is 12.1. The van der Waals surface area contributed by atoms with Gasteiger partial charge in [0.1, 0.15) is 11.6 Å². The molecule has 0 spiro atoms. The molecule has 0 atom stereocenters. The lowest BCUT2D eigenvalue weighted by Gasteiger charge is -2.08. The van der Waals surface area contributed by atoms with Crippen LogP contribution in [0.5, 0.6) is 5.75 Å². The second-order valence-electron chi connectivity index (χ2n) is 3.70. The number of ether oxygens (including phenoxy) is 1. The molecule has 1 heterocycles. The third-order valence-corrected chi connectivity index (χ3v) is 2.60. The highest BCUT2D eigenvalue weighted by atomic mass is 19.1. The number of hydrogen-bond acceptors (Lipinski definition) is 3. The fourth-order valence-electron chi connectivity index (χ4n) is 1.83. The quantitative estimate of drug-likeness (QED) is 0.833. The van der Waals surface area contributed by atoms with Crippen molar-refractivity contribution in [3.8, 4) is 5.75 Å². The van der Waals surface area contributed by atoms with Crippen LogP contribution in [0.3, 0.4) is 0 Å². The number of benzene rings is 1. The lowest BCUT2D eigenvalue weighted by molar-refractivity contribution is -0.134. The zero-order valence-corrected chi connectivity index (χ0v) is 9.14. The molecule has 6 heteroatoms. The Labute approximate surface area is 101 Å². The van der Waals surface area contributed by atoms with Gasteiger partial charge in [0.25, 0.3) is 0 Å². The third-order valence-electron chi connectivity index (χ3n) is 2.60. The van der Waals surface area contributed by atoms with E-state index in [4.69, 9.17) is 14.9 Å². The Morgan fingerprint density at radius 3 is 2.56 bits per heavy atom. The summed E-state index contributed by atoms with van der Waals surface area (Å²) in [4.78, 5) is 22.2. The predicted octanol–water partition coefficient (Wildman–Crippen LogP) is 1.53. The third kappa shape index (κ3) is 2.04. The molecule has 0 aromatic heterocycles. The van der Waals surface area contributed by atoms with Gasteiger partial charge in [-0.15, -0.1) is 0 Å². The Hall–Kier alpha value is -2.37. The van der Waals surface area contributed by atoms with Gasteiger partial charge in [-0.1, -0.05) is 0 Å². The normalized spacial score (nSPS) is 14.5. The van der Waals surface area contributed by atoms with Gasteiger partial charge in [0.05, 0.1) is 17.8 Å². The standard InChI is InChI=1S/C12H9FO5/c13-6-1-2-7-9(5-6)18-4-3-8(11(14)15)10(7)12(16)17/h1-2,5H,3-4H2,(H,14,15)(H,16,17). The van der Waals surface area contributed by atoms with Crippen molar-refractivity contribution in [3.63, 3.8) is 0 Å². The highest BCUT2D eigenvalue weighted by Crippen LogP contribution is 2.33. The monoisotopic (exact) mass is 252 g/mol. The molecule has 0 unspecified atom stereocenters. The molecule has 18 heavy (non-hydrogen) atoms. The Balaban J connectivity index is 2.70. The Morgan fingerprint density at radius 2 is 1.94 bits per heavy atom. The molecule has 1 aromatic carbocycles. The van der Waals surface area contributed by atoms with Crippen LogP contribution in [-0.2, 0) is 9.59 Å². The van der Waals surface area contributed by atoms with Crippen LogP contribution in [0, 0.1) is 5.82 Å². The van der Waals surface area contributed by atoms with E-state index >= 15 is 0 Å². The van der Waals surface area contributed by atoms with Crippen LogP contribution in [-0.4, -0.2) is 28.8 Å². The second kappa shape index (κ2) is 4.48. The van der Waals surface area contributed by atoms with Crippen LogP contribution in [0.15, 0.2) is 23.8 Å². The lowest BCUT2D eigenvalue weighted by atomic mass is 9.98. The van der Waals surface area contributed by atoms with Gasteiger partial charge in [-0.2, -0.15) is 0 Å². The maximum Gasteiger partial charge on any atom is 0.336 e. The maximum absolute atomic E-state index is 13.1. The fourth-order valence-corrected chi connectivity index (χ4v) is 1.83. The number of halogens is 1. The minimum atomic E-state index is -1.37. The molecule has 5 nitrogen and oxygen atoms in total. The van der Waals surface area contributed by atoms with Gasteiger partial charge in [0.15, 0.2) is 0 Å². The van der Waals surface area contributed by atoms with E-state index in [1.165, 1.54) is 6.07 Å². The smallest absolute Gasteiger partial charge is 0.336 e. The molecule has 0 radical (unpaired) electrons. The summed E-state index contributed by atoms with van der Waals surface area (Å²) in [7, 11) is 0. The molecule has 2 N–H and O–H groups in total. The van der Waals surface area contributed by atoms with Gasteiger partial charge in [-0.05, 0) is 12.1 Å². The SMILES string of the molecule is O=C(O)C1=C(C(=O)O)c2ccc(F)cc2OCC1.